The lowest BCUT2D eigenvalue weighted by Crippen LogP contribution is -2.08. The molecule has 8 heteroatoms. The van der Waals surface area contributed by atoms with Gasteiger partial charge in [0.15, 0.2) is 0 Å². The van der Waals surface area contributed by atoms with Gasteiger partial charge in [-0.15, -0.1) is 0 Å². The van der Waals surface area contributed by atoms with Crippen molar-refractivity contribution in [1.29, 1.82) is 0 Å². The molecule has 20 heavy (non-hydrogen) atoms. The number of rotatable bonds is 3. The molecule has 0 N–H and O–H groups in total. The first-order chi connectivity index (χ1) is 9.34. The summed E-state index contributed by atoms with van der Waals surface area (Å²) in [6.07, 6.45) is -1.19. The number of nitrogens with zero attached hydrogens (tertiary/aromatic N) is 3. The first-order valence-corrected chi connectivity index (χ1v) is 5.72. The maximum absolute atomic E-state index is 12.6. The first-order valence-electron chi connectivity index (χ1n) is 5.72. The first kappa shape index (κ1) is 14.0. The van der Waals surface area contributed by atoms with Gasteiger partial charge in [0, 0.05) is 24.9 Å². The zero-order chi connectivity index (χ0) is 14.9. The average molecular weight is 285 g/mol. The molecular formula is C12H10F3N3O2. The molecule has 106 valence electrons. The molecule has 0 atom stereocenters. The Hall–Kier alpha value is -2.38. The van der Waals surface area contributed by atoms with Crippen LogP contribution in [0.15, 0.2) is 30.6 Å². The van der Waals surface area contributed by atoms with Crippen LogP contribution in [0.2, 0.25) is 0 Å². The third-order valence-electron chi connectivity index (χ3n) is 2.79. The highest BCUT2D eigenvalue weighted by Crippen LogP contribution is 2.34. The Bertz CT molecular complexity index is 650. The molecule has 0 radical (unpaired) electrons. The lowest BCUT2D eigenvalue weighted by molar-refractivity contribution is -0.384. The predicted octanol–water partition coefficient (Wildman–Crippen LogP) is 3.36. The third kappa shape index (κ3) is 2.49. The number of imidazole rings is 1. The summed E-state index contributed by atoms with van der Waals surface area (Å²) >= 11 is 0. The highest BCUT2D eigenvalue weighted by Gasteiger charge is 2.33. The molecule has 0 spiro atoms. The second kappa shape index (κ2) is 4.95. The Morgan fingerprint density at radius 1 is 1.40 bits per heavy atom. The van der Waals surface area contributed by atoms with E-state index < -0.39 is 22.4 Å². The fourth-order valence-corrected chi connectivity index (χ4v) is 1.86. The SMILES string of the molecule is CCc1nccn1-c1ccc(C(F)(F)F)cc1[N+](=O)[O-]. The van der Waals surface area contributed by atoms with E-state index in [1.165, 1.54) is 17.0 Å². The fourth-order valence-electron chi connectivity index (χ4n) is 1.86. The second-order valence-electron chi connectivity index (χ2n) is 4.03. The van der Waals surface area contributed by atoms with Crippen molar-refractivity contribution >= 4 is 5.69 Å². The summed E-state index contributed by atoms with van der Waals surface area (Å²) in [4.78, 5) is 14.2. The van der Waals surface area contributed by atoms with Crippen LogP contribution in [0.5, 0.6) is 0 Å². The van der Waals surface area contributed by atoms with Crippen LogP contribution in [-0.4, -0.2) is 14.5 Å². The molecule has 0 aliphatic rings. The van der Waals surface area contributed by atoms with Gasteiger partial charge in [-0.3, -0.25) is 14.7 Å². The minimum absolute atomic E-state index is 0.0670. The second-order valence-corrected chi connectivity index (χ2v) is 4.03. The van der Waals surface area contributed by atoms with Crippen molar-refractivity contribution in [3.05, 3.63) is 52.1 Å². The molecule has 1 heterocycles. The minimum Gasteiger partial charge on any atom is -0.298 e. The van der Waals surface area contributed by atoms with E-state index in [-0.39, 0.29) is 5.69 Å². The van der Waals surface area contributed by atoms with Gasteiger partial charge in [0.25, 0.3) is 5.69 Å². The Kier molecular flexibility index (Phi) is 3.47. The molecule has 1 aromatic carbocycles. The average Bonchev–Trinajstić information content (AvgIpc) is 2.84. The van der Waals surface area contributed by atoms with E-state index in [1.54, 1.807) is 6.92 Å². The van der Waals surface area contributed by atoms with Gasteiger partial charge in [-0.2, -0.15) is 13.2 Å². The minimum atomic E-state index is -4.62. The number of hydrogen-bond acceptors (Lipinski definition) is 3. The van der Waals surface area contributed by atoms with Crippen LogP contribution < -0.4 is 0 Å². The number of nitro benzene ring substituents is 1. The highest BCUT2D eigenvalue weighted by molar-refractivity contribution is 5.55. The van der Waals surface area contributed by atoms with Crippen LogP contribution in [0, 0.1) is 10.1 Å². The summed E-state index contributed by atoms with van der Waals surface area (Å²) in [5.74, 6) is 0.535. The molecule has 2 rings (SSSR count). The van der Waals surface area contributed by atoms with Gasteiger partial charge in [-0.25, -0.2) is 4.98 Å². The molecule has 0 amide bonds. The summed E-state index contributed by atoms with van der Waals surface area (Å²) in [5, 5.41) is 11.0. The Morgan fingerprint density at radius 3 is 2.65 bits per heavy atom. The van der Waals surface area contributed by atoms with E-state index in [0.717, 1.165) is 12.1 Å². The molecule has 0 saturated heterocycles. The summed E-state index contributed by atoms with van der Waals surface area (Å²) in [5.41, 5.74) is -1.59. The van der Waals surface area contributed by atoms with Crippen molar-refractivity contribution in [3.63, 3.8) is 0 Å². The zero-order valence-corrected chi connectivity index (χ0v) is 10.4. The van der Waals surface area contributed by atoms with Crippen LogP contribution in [0.3, 0.4) is 0 Å². The number of benzene rings is 1. The molecule has 0 fully saturated rings. The maximum Gasteiger partial charge on any atom is 0.416 e. The van der Waals surface area contributed by atoms with Gasteiger partial charge >= 0.3 is 6.18 Å². The highest BCUT2D eigenvalue weighted by atomic mass is 19.4. The molecule has 0 aliphatic carbocycles. The summed E-state index contributed by atoms with van der Waals surface area (Å²) in [7, 11) is 0. The van der Waals surface area contributed by atoms with Crippen LogP contribution in [0.25, 0.3) is 5.69 Å². The number of hydrogen-bond donors (Lipinski definition) is 0. The van der Waals surface area contributed by atoms with Crippen molar-refractivity contribution in [2.75, 3.05) is 0 Å². The smallest absolute Gasteiger partial charge is 0.298 e. The van der Waals surface area contributed by atoms with E-state index in [9.17, 15) is 23.3 Å². The van der Waals surface area contributed by atoms with Crippen molar-refractivity contribution in [2.24, 2.45) is 0 Å². The van der Waals surface area contributed by atoms with Gasteiger partial charge < -0.3 is 0 Å². The molecule has 5 nitrogen and oxygen atoms in total. The summed E-state index contributed by atoms with van der Waals surface area (Å²) in [6.45, 7) is 1.80. The standard InChI is InChI=1S/C12H10F3N3O2/c1-2-11-16-5-6-17(11)9-4-3-8(12(13,14)15)7-10(9)18(19)20/h3-7H,2H2,1H3. The number of aromatic nitrogens is 2. The van der Waals surface area contributed by atoms with E-state index in [4.69, 9.17) is 0 Å². The molecule has 0 saturated carbocycles. The van der Waals surface area contributed by atoms with Crippen molar-refractivity contribution in [3.8, 4) is 5.69 Å². The lowest BCUT2D eigenvalue weighted by Gasteiger charge is -2.10. The van der Waals surface area contributed by atoms with E-state index in [0.29, 0.717) is 18.3 Å². The largest absolute Gasteiger partial charge is 0.416 e. The topological polar surface area (TPSA) is 61.0 Å². The van der Waals surface area contributed by atoms with Gasteiger partial charge in [0.05, 0.1) is 10.5 Å². The van der Waals surface area contributed by atoms with E-state index in [2.05, 4.69) is 4.98 Å². The number of alkyl halides is 3. The Labute approximate surface area is 111 Å². The van der Waals surface area contributed by atoms with Crippen molar-refractivity contribution in [1.82, 2.24) is 9.55 Å². The zero-order valence-electron chi connectivity index (χ0n) is 10.4. The summed E-state index contributed by atoms with van der Waals surface area (Å²) in [6, 6.07) is 2.44. The predicted molar refractivity (Wildman–Crippen MR) is 64.6 cm³/mol. The van der Waals surface area contributed by atoms with Gasteiger partial charge in [-0.1, -0.05) is 6.92 Å². The molecule has 1 aromatic heterocycles. The van der Waals surface area contributed by atoms with E-state index >= 15 is 0 Å². The van der Waals surface area contributed by atoms with Crippen molar-refractivity contribution < 1.29 is 18.1 Å². The third-order valence-corrected chi connectivity index (χ3v) is 2.79. The monoisotopic (exact) mass is 285 g/mol. The number of nitro groups is 1. The number of aryl methyl sites for hydroxylation is 1. The summed E-state index contributed by atoms with van der Waals surface area (Å²) < 4.78 is 39.2. The Balaban J connectivity index is 2.63. The lowest BCUT2D eigenvalue weighted by atomic mass is 10.1. The number of halogens is 3. The molecule has 0 aliphatic heterocycles. The molecule has 0 unspecified atom stereocenters. The van der Waals surface area contributed by atoms with Crippen LogP contribution in [0.1, 0.15) is 18.3 Å². The molecule has 2 aromatic rings. The fraction of sp³-hybridized carbons (Fsp3) is 0.250. The van der Waals surface area contributed by atoms with Gasteiger partial charge in [-0.05, 0) is 12.1 Å². The van der Waals surface area contributed by atoms with Crippen LogP contribution in [0.4, 0.5) is 18.9 Å². The Morgan fingerprint density at radius 2 is 2.10 bits per heavy atom. The van der Waals surface area contributed by atoms with E-state index in [1.807, 2.05) is 0 Å². The normalized spacial score (nSPS) is 11.6. The van der Waals surface area contributed by atoms with Crippen LogP contribution >= 0.6 is 0 Å². The van der Waals surface area contributed by atoms with Gasteiger partial charge in [0.1, 0.15) is 11.5 Å². The molecular weight excluding hydrogens is 275 g/mol. The van der Waals surface area contributed by atoms with Crippen LogP contribution in [-0.2, 0) is 12.6 Å². The van der Waals surface area contributed by atoms with Crippen molar-refractivity contribution in [2.45, 2.75) is 19.5 Å². The maximum atomic E-state index is 12.6. The molecule has 0 bridgehead atoms. The quantitative estimate of drug-likeness (QED) is 0.641. The van der Waals surface area contributed by atoms with Gasteiger partial charge in [0.2, 0.25) is 0 Å².